The Morgan fingerprint density at radius 1 is 1.32 bits per heavy atom. The predicted octanol–water partition coefficient (Wildman–Crippen LogP) is -0.810. The minimum absolute atomic E-state index is 0.257. The van der Waals surface area contributed by atoms with E-state index in [1.165, 1.54) is 0 Å². The van der Waals surface area contributed by atoms with Gasteiger partial charge in [0.25, 0.3) is 0 Å². The van der Waals surface area contributed by atoms with Crippen LogP contribution in [-0.2, 0) is 24.7 Å². The Morgan fingerprint density at radius 3 is 2.26 bits per heavy atom. The highest BCUT2D eigenvalue weighted by molar-refractivity contribution is 7.90. The highest BCUT2D eigenvalue weighted by Gasteiger charge is 2.23. The summed E-state index contributed by atoms with van der Waals surface area (Å²) in [5.41, 5.74) is 0. The first-order chi connectivity index (χ1) is 8.55. The van der Waals surface area contributed by atoms with Crippen molar-refractivity contribution in [2.45, 2.75) is 9.92 Å². The number of pyridine rings is 1. The first kappa shape index (κ1) is 15.5. The number of carboxylic acids is 1. The molecule has 1 heterocycles. The quantitative estimate of drug-likeness (QED) is 0.754. The Hall–Kier alpha value is -1.52. The molecule has 8 nitrogen and oxygen atoms in total. The number of aliphatic carboxylic acids is 1. The molecule has 0 aliphatic carbocycles. The van der Waals surface area contributed by atoms with E-state index in [0.29, 0.717) is 4.31 Å². The van der Waals surface area contributed by atoms with Crippen LogP contribution in [0.5, 0.6) is 0 Å². The molecular weight excluding hydrogens is 296 g/mol. The second-order valence-electron chi connectivity index (χ2n) is 3.76. The molecule has 19 heavy (non-hydrogen) atoms. The maximum atomic E-state index is 11.9. The van der Waals surface area contributed by atoms with Crippen LogP contribution < -0.4 is 0 Å². The number of aromatic nitrogens is 1. The molecule has 106 valence electrons. The SMILES string of the molecule is CN(CC(=O)O)S(=O)(=O)c1ccc(S(C)(=O)=O)nc1. The topological polar surface area (TPSA) is 122 Å². The van der Waals surface area contributed by atoms with Crippen LogP contribution in [0.4, 0.5) is 0 Å². The van der Waals surface area contributed by atoms with Gasteiger partial charge in [-0.25, -0.2) is 21.8 Å². The van der Waals surface area contributed by atoms with Gasteiger partial charge in [-0.05, 0) is 12.1 Å². The van der Waals surface area contributed by atoms with E-state index < -0.39 is 32.4 Å². The summed E-state index contributed by atoms with van der Waals surface area (Å²) < 4.78 is 46.8. The predicted molar refractivity (Wildman–Crippen MR) is 64.8 cm³/mol. The van der Waals surface area contributed by atoms with Gasteiger partial charge in [-0.1, -0.05) is 0 Å². The first-order valence-corrected chi connectivity index (χ1v) is 8.22. The van der Waals surface area contributed by atoms with Gasteiger partial charge in [0.15, 0.2) is 14.9 Å². The fourth-order valence-corrected chi connectivity index (χ4v) is 2.82. The Balaban J connectivity index is 3.14. The standard InChI is InChI=1S/C9H12N2O6S2/c1-11(6-9(12)13)19(16,17)7-3-4-8(10-5-7)18(2,14)15/h3-5H,6H2,1-2H3,(H,12,13). The van der Waals surface area contributed by atoms with Crippen LogP contribution in [0.2, 0.25) is 0 Å². The third kappa shape index (κ3) is 3.72. The van der Waals surface area contributed by atoms with Crippen LogP contribution in [-0.4, -0.2) is 57.0 Å². The Morgan fingerprint density at radius 2 is 1.89 bits per heavy atom. The summed E-state index contributed by atoms with van der Waals surface area (Å²) in [6, 6.07) is 2.12. The zero-order valence-electron chi connectivity index (χ0n) is 10.1. The van der Waals surface area contributed by atoms with E-state index in [0.717, 1.165) is 31.6 Å². The lowest BCUT2D eigenvalue weighted by Crippen LogP contribution is -2.32. The fourth-order valence-electron chi connectivity index (χ4n) is 1.19. The number of nitrogens with zero attached hydrogens (tertiary/aromatic N) is 2. The lowest BCUT2D eigenvalue weighted by Gasteiger charge is -2.14. The molecule has 0 bridgehead atoms. The smallest absolute Gasteiger partial charge is 0.318 e. The molecule has 0 fully saturated rings. The molecule has 1 N–H and O–H groups in total. The monoisotopic (exact) mass is 308 g/mol. The van der Waals surface area contributed by atoms with Crippen molar-refractivity contribution in [2.75, 3.05) is 19.8 Å². The molecule has 0 unspecified atom stereocenters. The molecule has 0 aliphatic heterocycles. The lowest BCUT2D eigenvalue weighted by molar-refractivity contribution is -0.137. The number of rotatable bonds is 5. The highest BCUT2D eigenvalue weighted by atomic mass is 32.2. The van der Waals surface area contributed by atoms with Crippen LogP contribution in [0, 0.1) is 0 Å². The summed E-state index contributed by atoms with van der Waals surface area (Å²) in [4.78, 5) is 13.7. The van der Waals surface area contributed by atoms with Gasteiger partial charge in [0.2, 0.25) is 10.0 Å². The maximum Gasteiger partial charge on any atom is 0.318 e. The molecule has 0 amide bonds. The molecule has 0 radical (unpaired) electrons. The van der Waals surface area contributed by atoms with Gasteiger partial charge in [-0.3, -0.25) is 4.79 Å². The van der Waals surface area contributed by atoms with Crippen LogP contribution in [0.1, 0.15) is 0 Å². The van der Waals surface area contributed by atoms with Crippen molar-refractivity contribution in [1.82, 2.24) is 9.29 Å². The van der Waals surface area contributed by atoms with E-state index in [9.17, 15) is 21.6 Å². The average Bonchev–Trinajstić information content (AvgIpc) is 2.27. The normalized spacial score (nSPS) is 12.6. The third-order valence-corrected chi connectivity index (χ3v) is 4.94. The van der Waals surface area contributed by atoms with Crippen molar-refractivity contribution in [3.8, 4) is 0 Å². The zero-order chi connectivity index (χ0) is 14.8. The third-order valence-electron chi connectivity index (χ3n) is 2.16. The summed E-state index contributed by atoms with van der Waals surface area (Å²) in [6.45, 7) is -0.698. The molecular formula is C9H12N2O6S2. The summed E-state index contributed by atoms with van der Waals surface area (Å²) in [5.74, 6) is -1.30. The number of carboxylic acid groups (broad SMARTS) is 1. The van der Waals surface area contributed by atoms with Crippen LogP contribution >= 0.6 is 0 Å². The molecule has 0 saturated heterocycles. The summed E-state index contributed by atoms with van der Waals surface area (Å²) in [7, 11) is -6.41. The van der Waals surface area contributed by atoms with Crippen molar-refractivity contribution < 1.29 is 26.7 Å². The fraction of sp³-hybridized carbons (Fsp3) is 0.333. The van der Waals surface area contributed by atoms with Crippen LogP contribution in [0.3, 0.4) is 0 Å². The lowest BCUT2D eigenvalue weighted by atomic mass is 10.5. The first-order valence-electron chi connectivity index (χ1n) is 4.89. The van der Waals surface area contributed by atoms with Crippen molar-refractivity contribution in [2.24, 2.45) is 0 Å². The minimum Gasteiger partial charge on any atom is -0.480 e. The molecule has 0 aromatic carbocycles. The van der Waals surface area contributed by atoms with Gasteiger partial charge in [0, 0.05) is 19.5 Å². The van der Waals surface area contributed by atoms with Gasteiger partial charge in [0.1, 0.15) is 11.4 Å². The van der Waals surface area contributed by atoms with Gasteiger partial charge < -0.3 is 5.11 Å². The van der Waals surface area contributed by atoms with E-state index in [1.54, 1.807) is 0 Å². The minimum atomic E-state index is -4.00. The molecule has 0 aliphatic rings. The Labute approximate surface area is 110 Å². The molecule has 0 spiro atoms. The van der Waals surface area contributed by atoms with E-state index in [2.05, 4.69) is 4.98 Å². The number of likely N-dealkylation sites (N-methyl/N-ethyl adjacent to an activating group) is 1. The second-order valence-corrected chi connectivity index (χ2v) is 7.77. The average molecular weight is 308 g/mol. The molecule has 1 aromatic heterocycles. The number of sulfonamides is 1. The van der Waals surface area contributed by atoms with Crippen molar-refractivity contribution in [3.63, 3.8) is 0 Å². The summed E-state index contributed by atoms with van der Waals surface area (Å²) in [5, 5.41) is 8.29. The number of sulfone groups is 1. The maximum absolute atomic E-state index is 11.9. The van der Waals surface area contributed by atoms with E-state index in [-0.39, 0.29) is 9.92 Å². The molecule has 0 atom stereocenters. The van der Waals surface area contributed by atoms with Crippen LogP contribution in [0.15, 0.2) is 28.3 Å². The number of hydrogen-bond donors (Lipinski definition) is 1. The molecule has 10 heteroatoms. The van der Waals surface area contributed by atoms with Crippen LogP contribution in [0.25, 0.3) is 0 Å². The number of hydrogen-bond acceptors (Lipinski definition) is 6. The number of carbonyl (C=O) groups is 1. The Bertz CT molecular complexity index is 678. The molecule has 1 aromatic rings. The molecule has 1 rings (SSSR count). The molecule has 0 saturated carbocycles. The van der Waals surface area contributed by atoms with Crippen molar-refractivity contribution in [3.05, 3.63) is 18.3 Å². The van der Waals surface area contributed by atoms with E-state index in [1.807, 2.05) is 0 Å². The van der Waals surface area contributed by atoms with E-state index in [4.69, 9.17) is 5.11 Å². The van der Waals surface area contributed by atoms with Gasteiger partial charge in [0.05, 0.1) is 0 Å². The van der Waals surface area contributed by atoms with Crippen molar-refractivity contribution >= 4 is 25.8 Å². The van der Waals surface area contributed by atoms with Gasteiger partial charge >= 0.3 is 5.97 Å². The van der Waals surface area contributed by atoms with Crippen molar-refractivity contribution in [1.29, 1.82) is 0 Å². The zero-order valence-corrected chi connectivity index (χ0v) is 11.8. The van der Waals surface area contributed by atoms with E-state index >= 15 is 0 Å². The highest BCUT2D eigenvalue weighted by Crippen LogP contribution is 2.14. The Kier molecular flexibility index (Phi) is 4.28. The summed E-state index contributed by atoms with van der Waals surface area (Å²) >= 11 is 0. The van der Waals surface area contributed by atoms with Gasteiger partial charge in [-0.15, -0.1) is 0 Å². The summed E-state index contributed by atoms with van der Waals surface area (Å²) in [6.07, 6.45) is 1.82. The second kappa shape index (κ2) is 5.23. The largest absolute Gasteiger partial charge is 0.480 e. The van der Waals surface area contributed by atoms with Gasteiger partial charge in [-0.2, -0.15) is 4.31 Å².